The Bertz CT molecular complexity index is 429. The van der Waals surface area contributed by atoms with E-state index in [0.29, 0.717) is 5.56 Å². The number of alkyl halides is 6. The maximum absolute atomic E-state index is 12.3. The number of nitrogens with zero attached hydrogens (tertiary/aromatic N) is 1. The Morgan fingerprint density at radius 1 is 1.21 bits per heavy atom. The average Bonchev–Trinajstić information content (AvgIpc) is 2.22. The van der Waals surface area contributed by atoms with Crippen LogP contribution in [0.5, 0.6) is 5.88 Å². The summed E-state index contributed by atoms with van der Waals surface area (Å²) in [4.78, 5) is 3.37. The van der Waals surface area contributed by atoms with Crippen LogP contribution in [0.1, 0.15) is 11.1 Å². The lowest BCUT2D eigenvalue weighted by Crippen LogP contribution is -2.47. The van der Waals surface area contributed by atoms with Gasteiger partial charge in [-0.1, -0.05) is 0 Å². The van der Waals surface area contributed by atoms with Gasteiger partial charge in [-0.05, 0) is 18.6 Å². The Morgan fingerprint density at radius 2 is 1.74 bits per heavy atom. The van der Waals surface area contributed by atoms with Crippen molar-refractivity contribution in [3.63, 3.8) is 0 Å². The SMILES string of the molecule is Cc1ccnc(OC(C(F)(F)F)C(F)(F)F)c1CN. The first kappa shape index (κ1) is 15.5. The second-order valence-electron chi connectivity index (χ2n) is 3.70. The first-order chi connectivity index (χ1) is 8.57. The fourth-order valence-corrected chi connectivity index (χ4v) is 1.34. The van der Waals surface area contributed by atoms with Gasteiger partial charge in [0.05, 0.1) is 0 Å². The number of hydrogen-bond acceptors (Lipinski definition) is 3. The number of halogens is 6. The molecule has 0 saturated carbocycles. The van der Waals surface area contributed by atoms with Crippen LogP contribution in [0.3, 0.4) is 0 Å². The zero-order valence-electron chi connectivity index (χ0n) is 9.64. The normalized spacial score (nSPS) is 12.9. The molecule has 0 fully saturated rings. The topological polar surface area (TPSA) is 48.1 Å². The van der Waals surface area contributed by atoms with Gasteiger partial charge in [0.2, 0.25) is 5.88 Å². The molecular weight excluding hydrogens is 278 g/mol. The molecule has 0 saturated heterocycles. The van der Waals surface area contributed by atoms with E-state index in [1.165, 1.54) is 13.0 Å². The minimum Gasteiger partial charge on any atom is -0.454 e. The summed E-state index contributed by atoms with van der Waals surface area (Å²) in [5.41, 5.74) is 5.66. The van der Waals surface area contributed by atoms with Crippen LogP contribution in [-0.2, 0) is 6.54 Å². The number of pyridine rings is 1. The van der Waals surface area contributed by atoms with E-state index in [2.05, 4.69) is 9.72 Å². The summed E-state index contributed by atoms with van der Waals surface area (Å²) in [6.07, 6.45) is -14.1. The second kappa shape index (κ2) is 5.24. The molecule has 0 amide bonds. The van der Waals surface area contributed by atoms with Crippen molar-refractivity contribution < 1.29 is 31.1 Å². The van der Waals surface area contributed by atoms with Crippen molar-refractivity contribution in [2.45, 2.75) is 31.9 Å². The number of rotatable bonds is 3. The van der Waals surface area contributed by atoms with Gasteiger partial charge in [0.1, 0.15) is 0 Å². The number of aryl methyl sites for hydroxylation is 1. The molecule has 0 aliphatic carbocycles. The zero-order valence-corrected chi connectivity index (χ0v) is 9.64. The van der Waals surface area contributed by atoms with E-state index in [-0.39, 0.29) is 12.1 Å². The van der Waals surface area contributed by atoms with Crippen LogP contribution >= 0.6 is 0 Å². The van der Waals surface area contributed by atoms with Gasteiger partial charge in [-0.25, -0.2) is 4.98 Å². The summed E-state index contributed by atoms with van der Waals surface area (Å²) in [6, 6.07) is 1.41. The molecule has 108 valence electrons. The Morgan fingerprint density at radius 3 is 2.16 bits per heavy atom. The molecule has 0 atom stereocenters. The van der Waals surface area contributed by atoms with Gasteiger partial charge in [0, 0.05) is 18.3 Å². The second-order valence-corrected chi connectivity index (χ2v) is 3.70. The number of ether oxygens (including phenoxy) is 1. The van der Waals surface area contributed by atoms with Crippen molar-refractivity contribution in [1.29, 1.82) is 0 Å². The van der Waals surface area contributed by atoms with E-state index >= 15 is 0 Å². The molecule has 0 spiro atoms. The van der Waals surface area contributed by atoms with Crippen LogP contribution in [0, 0.1) is 6.92 Å². The van der Waals surface area contributed by atoms with Crippen LogP contribution in [0.4, 0.5) is 26.3 Å². The highest BCUT2D eigenvalue weighted by Crippen LogP contribution is 2.36. The molecule has 1 aromatic rings. The molecule has 0 bridgehead atoms. The van der Waals surface area contributed by atoms with Crippen LogP contribution in [-0.4, -0.2) is 23.4 Å². The maximum Gasteiger partial charge on any atom is 0.434 e. The lowest BCUT2D eigenvalue weighted by atomic mass is 10.1. The highest BCUT2D eigenvalue weighted by Gasteiger charge is 2.59. The summed E-state index contributed by atoms with van der Waals surface area (Å²) in [5.74, 6) is -0.762. The Labute approximate surface area is 104 Å². The third-order valence-electron chi connectivity index (χ3n) is 2.28. The molecule has 1 aromatic heterocycles. The van der Waals surface area contributed by atoms with Crippen LogP contribution in [0.15, 0.2) is 12.3 Å². The third-order valence-corrected chi connectivity index (χ3v) is 2.28. The minimum atomic E-state index is -5.59. The van der Waals surface area contributed by atoms with Gasteiger partial charge in [0.15, 0.2) is 0 Å². The Balaban J connectivity index is 3.15. The van der Waals surface area contributed by atoms with Gasteiger partial charge >= 0.3 is 12.4 Å². The molecule has 1 rings (SSSR count). The molecule has 0 aromatic carbocycles. The van der Waals surface area contributed by atoms with Crippen molar-refractivity contribution in [1.82, 2.24) is 4.98 Å². The molecule has 0 radical (unpaired) electrons. The lowest BCUT2D eigenvalue weighted by Gasteiger charge is -2.24. The molecule has 3 nitrogen and oxygen atoms in total. The average molecular weight is 288 g/mol. The van der Waals surface area contributed by atoms with Gasteiger partial charge in [-0.2, -0.15) is 26.3 Å². The van der Waals surface area contributed by atoms with Gasteiger partial charge in [-0.3, -0.25) is 0 Å². The van der Waals surface area contributed by atoms with Crippen molar-refractivity contribution in [3.05, 3.63) is 23.4 Å². The fraction of sp³-hybridized carbons (Fsp3) is 0.500. The highest BCUT2D eigenvalue weighted by molar-refractivity contribution is 5.33. The molecule has 9 heteroatoms. The molecule has 0 aliphatic rings. The summed E-state index contributed by atoms with van der Waals surface area (Å²) < 4.78 is 78.0. The van der Waals surface area contributed by atoms with Crippen LogP contribution in [0.2, 0.25) is 0 Å². The molecule has 2 N–H and O–H groups in total. The standard InChI is InChI=1S/C10H10F6N2O/c1-5-2-3-18-7(6(5)4-17)19-8(9(11,12)13)10(14,15)16/h2-3,8H,4,17H2,1H3. The predicted molar refractivity (Wildman–Crippen MR) is 53.4 cm³/mol. The molecule has 1 heterocycles. The van der Waals surface area contributed by atoms with E-state index < -0.39 is 24.3 Å². The zero-order chi connectivity index (χ0) is 14.8. The van der Waals surface area contributed by atoms with E-state index in [0.717, 1.165) is 6.20 Å². The predicted octanol–water partition coefficient (Wildman–Crippen LogP) is 2.72. The van der Waals surface area contributed by atoms with Crippen molar-refractivity contribution in [2.24, 2.45) is 5.73 Å². The monoisotopic (exact) mass is 288 g/mol. The van der Waals surface area contributed by atoms with Crippen molar-refractivity contribution in [2.75, 3.05) is 0 Å². The van der Waals surface area contributed by atoms with E-state index in [1.54, 1.807) is 0 Å². The van der Waals surface area contributed by atoms with Crippen LogP contribution in [0.25, 0.3) is 0 Å². The Kier molecular flexibility index (Phi) is 4.28. The molecular formula is C10H10F6N2O. The quantitative estimate of drug-likeness (QED) is 0.870. The number of hydrogen-bond donors (Lipinski definition) is 1. The minimum absolute atomic E-state index is 0.000926. The third kappa shape index (κ3) is 3.72. The molecule has 0 unspecified atom stereocenters. The summed E-state index contributed by atoms with van der Waals surface area (Å²) in [5, 5.41) is 0. The van der Waals surface area contributed by atoms with Gasteiger partial charge in [0.25, 0.3) is 6.10 Å². The van der Waals surface area contributed by atoms with Crippen molar-refractivity contribution in [3.8, 4) is 5.88 Å². The van der Waals surface area contributed by atoms with Crippen molar-refractivity contribution >= 4 is 0 Å². The summed E-state index contributed by atoms with van der Waals surface area (Å²) in [6.45, 7) is 1.20. The smallest absolute Gasteiger partial charge is 0.434 e. The number of aromatic nitrogens is 1. The lowest BCUT2D eigenvalue weighted by molar-refractivity contribution is -0.300. The van der Waals surface area contributed by atoms with E-state index in [1.807, 2.05) is 0 Å². The largest absolute Gasteiger partial charge is 0.454 e. The van der Waals surface area contributed by atoms with Gasteiger partial charge in [-0.15, -0.1) is 0 Å². The summed E-state index contributed by atoms with van der Waals surface area (Å²) >= 11 is 0. The number of nitrogens with two attached hydrogens (primary N) is 1. The molecule has 19 heavy (non-hydrogen) atoms. The van der Waals surface area contributed by atoms with E-state index in [9.17, 15) is 26.3 Å². The van der Waals surface area contributed by atoms with Gasteiger partial charge < -0.3 is 10.5 Å². The first-order valence-corrected chi connectivity index (χ1v) is 5.02. The first-order valence-electron chi connectivity index (χ1n) is 5.02. The maximum atomic E-state index is 12.3. The highest BCUT2D eigenvalue weighted by atomic mass is 19.4. The Hall–Kier alpha value is -1.51. The van der Waals surface area contributed by atoms with E-state index in [4.69, 9.17) is 5.73 Å². The van der Waals surface area contributed by atoms with Crippen LogP contribution < -0.4 is 10.5 Å². The fourth-order valence-electron chi connectivity index (χ4n) is 1.34. The summed E-state index contributed by atoms with van der Waals surface area (Å²) in [7, 11) is 0. The molecule has 0 aliphatic heterocycles.